The topological polar surface area (TPSA) is 155 Å². The van der Waals surface area contributed by atoms with Crippen molar-refractivity contribution in [1.29, 1.82) is 0 Å². The Morgan fingerprint density at radius 3 is 2.31 bits per heavy atom. The van der Waals surface area contributed by atoms with Gasteiger partial charge in [0.05, 0.1) is 12.6 Å². The molecule has 0 fully saturated rings. The Morgan fingerprint density at radius 1 is 1.09 bits per heavy atom. The van der Waals surface area contributed by atoms with Crippen LogP contribution in [0, 0.1) is 5.92 Å². The van der Waals surface area contributed by atoms with Crippen LogP contribution in [0.5, 0.6) is 0 Å². The second kappa shape index (κ2) is 13.6. The Hall–Kier alpha value is -3.30. The Morgan fingerprint density at radius 2 is 1.74 bits per heavy atom. The zero-order valence-corrected chi connectivity index (χ0v) is 21.2. The largest absolute Gasteiger partial charge is 0.444 e. The van der Waals surface area contributed by atoms with Gasteiger partial charge in [-0.1, -0.05) is 26.3 Å². The van der Waals surface area contributed by atoms with Crippen LogP contribution in [0.4, 0.5) is 4.79 Å². The number of aromatic nitrogens is 1. The summed E-state index contributed by atoms with van der Waals surface area (Å²) in [6.07, 6.45) is 1.75. The lowest BCUT2D eigenvalue weighted by atomic mass is 9.99. The summed E-state index contributed by atoms with van der Waals surface area (Å²) in [4.78, 5) is 73.0. The number of pyridine rings is 1. The van der Waals surface area contributed by atoms with E-state index in [0.717, 1.165) is 12.8 Å². The lowest BCUT2D eigenvalue weighted by molar-refractivity contribution is -0.136. The second-order valence-electron chi connectivity index (χ2n) is 9.96. The Balaban J connectivity index is 2.96. The van der Waals surface area contributed by atoms with Crippen LogP contribution in [0.1, 0.15) is 72.3 Å². The number of carbonyl (C=O) groups excluding carboxylic acids is 5. The fraction of sp³-hybridized carbons (Fsp3) is 0.600. The summed E-state index contributed by atoms with van der Waals surface area (Å²) in [6.45, 7) is 9.00. The first-order chi connectivity index (χ1) is 16.2. The third-order valence-corrected chi connectivity index (χ3v) is 5.06. The number of ether oxygens (including phenoxy) is 1. The average Bonchev–Trinajstić information content (AvgIpc) is 2.71. The molecule has 0 aliphatic carbocycles. The van der Waals surface area contributed by atoms with Crippen LogP contribution >= 0.6 is 0 Å². The number of nitrogens with two attached hydrogens (primary N) is 1. The van der Waals surface area contributed by atoms with Crippen LogP contribution in [-0.4, -0.2) is 45.6 Å². The van der Waals surface area contributed by atoms with Gasteiger partial charge in [0.15, 0.2) is 11.6 Å². The molecule has 0 bridgehead atoms. The normalized spacial score (nSPS) is 12.2. The molecule has 194 valence electrons. The fourth-order valence-electron chi connectivity index (χ4n) is 3.30. The molecule has 0 radical (unpaired) electrons. The van der Waals surface area contributed by atoms with Crippen LogP contribution in [0.2, 0.25) is 0 Å². The maximum absolute atomic E-state index is 13.0. The van der Waals surface area contributed by atoms with E-state index in [1.165, 1.54) is 16.8 Å². The number of carbonyl (C=O) groups is 5. The van der Waals surface area contributed by atoms with E-state index >= 15 is 0 Å². The molecule has 0 unspecified atom stereocenters. The SMILES string of the molecule is CC(C)CCCC(=O)Cn1cccc(CC(=O)[C@H](CCC(=O)C(N)=O)NC(=O)OC(C)(C)C)c1=O. The van der Waals surface area contributed by atoms with Crippen molar-refractivity contribution >= 4 is 29.4 Å². The lowest BCUT2D eigenvalue weighted by Gasteiger charge is -2.23. The molecule has 10 nitrogen and oxygen atoms in total. The molecule has 1 aromatic rings. The van der Waals surface area contributed by atoms with Crippen LogP contribution in [0.25, 0.3) is 0 Å². The summed E-state index contributed by atoms with van der Waals surface area (Å²) in [7, 11) is 0. The van der Waals surface area contributed by atoms with Gasteiger partial charge in [0, 0.05) is 31.0 Å². The van der Waals surface area contributed by atoms with Gasteiger partial charge in [0.2, 0.25) is 5.78 Å². The number of alkyl carbamates (subject to hydrolysis) is 1. The van der Waals surface area contributed by atoms with Crippen molar-refractivity contribution in [1.82, 2.24) is 9.88 Å². The highest BCUT2D eigenvalue weighted by Crippen LogP contribution is 2.10. The molecule has 0 spiro atoms. The third-order valence-electron chi connectivity index (χ3n) is 5.06. The van der Waals surface area contributed by atoms with E-state index in [-0.39, 0.29) is 37.2 Å². The van der Waals surface area contributed by atoms with Crippen LogP contribution in [0.3, 0.4) is 0 Å². The van der Waals surface area contributed by atoms with Crippen molar-refractivity contribution in [3.05, 3.63) is 34.2 Å². The lowest BCUT2D eigenvalue weighted by Crippen LogP contribution is -2.45. The van der Waals surface area contributed by atoms with Gasteiger partial charge in [0.25, 0.3) is 11.5 Å². The molecule has 0 aromatic carbocycles. The number of primary amides is 1. The highest BCUT2D eigenvalue weighted by Gasteiger charge is 2.26. The first kappa shape index (κ1) is 29.7. The van der Waals surface area contributed by atoms with Gasteiger partial charge in [-0.3, -0.25) is 24.0 Å². The Kier molecular flexibility index (Phi) is 11.5. The Labute approximate surface area is 205 Å². The molecule has 0 saturated carbocycles. The molecule has 1 heterocycles. The molecule has 0 aliphatic rings. The molecule has 2 amide bonds. The van der Waals surface area contributed by atoms with Gasteiger partial charge >= 0.3 is 6.09 Å². The average molecular weight is 492 g/mol. The van der Waals surface area contributed by atoms with Crippen LogP contribution in [-0.2, 0) is 36.9 Å². The van der Waals surface area contributed by atoms with Gasteiger partial charge in [-0.2, -0.15) is 0 Å². The minimum absolute atomic E-state index is 0.0781. The summed E-state index contributed by atoms with van der Waals surface area (Å²) < 4.78 is 6.43. The van der Waals surface area contributed by atoms with Crippen LogP contribution in [0.15, 0.2) is 23.1 Å². The van der Waals surface area contributed by atoms with E-state index in [1.54, 1.807) is 26.8 Å². The molecule has 1 aromatic heterocycles. The van der Waals surface area contributed by atoms with Gasteiger partial charge in [-0.05, 0) is 45.6 Å². The van der Waals surface area contributed by atoms with Crippen molar-refractivity contribution in [2.45, 2.75) is 91.3 Å². The maximum atomic E-state index is 13.0. The van der Waals surface area contributed by atoms with E-state index in [2.05, 4.69) is 19.2 Å². The molecule has 0 saturated heterocycles. The molecule has 3 N–H and O–H groups in total. The highest BCUT2D eigenvalue weighted by molar-refractivity contribution is 6.35. The predicted molar refractivity (Wildman–Crippen MR) is 130 cm³/mol. The number of ketones is 3. The van der Waals surface area contributed by atoms with E-state index in [1.807, 2.05) is 0 Å². The second-order valence-corrected chi connectivity index (χ2v) is 9.96. The van der Waals surface area contributed by atoms with Crippen molar-refractivity contribution in [3.8, 4) is 0 Å². The highest BCUT2D eigenvalue weighted by atomic mass is 16.6. The third kappa shape index (κ3) is 11.6. The number of rotatable bonds is 14. The first-order valence-corrected chi connectivity index (χ1v) is 11.7. The molecular weight excluding hydrogens is 454 g/mol. The Bertz CT molecular complexity index is 990. The zero-order valence-electron chi connectivity index (χ0n) is 21.2. The first-order valence-electron chi connectivity index (χ1n) is 11.7. The standard InChI is InChI=1S/C25H37N3O7/c1-16(2)8-6-10-18(29)15-28-13-7-9-17(23(28)33)14-21(31)19(11-12-20(30)22(26)32)27-24(34)35-25(3,4)5/h7,9,13,16,19H,6,8,10-12,14-15H2,1-5H3,(H2,26,32)(H,27,34)/t19-/m0/s1. The number of nitrogens with zero attached hydrogens (tertiary/aromatic N) is 1. The fourth-order valence-corrected chi connectivity index (χ4v) is 3.30. The van der Waals surface area contributed by atoms with Gasteiger partial charge in [0.1, 0.15) is 5.60 Å². The molecule has 35 heavy (non-hydrogen) atoms. The number of nitrogens with one attached hydrogen (secondary N) is 1. The number of hydrogen-bond donors (Lipinski definition) is 2. The van der Waals surface area contributed by atoms with Gasteiger partial charge in [-0.15, -0.1) is 0 Å². The van der Waals surface area contributed by atoms with E-state index < -0.39 is 40.8 Å². The van der Waals surface area contributed by atoms with Crippen LogP contribution < -0.4 is 16.6 Å². The molecular formula is C25H37N3O7. The molecule has 1 rings (SSSR count). The summed E-state index contributed by atoms with van der Waals surface area (Å²) in [5, 5.41) is 2.41. The minimum Gasteiger partial charge on any atom is -0.444 e. The molecule has 1 atom stereocenters. The van der Waals surface area contributed by atoms with E-state index in [4.69, 9.17) is 10.5 Å². The summed E-state index contributed by atoms with van der Waals surface area (Å²) >= 11 is 0. The maximum Gasteiger partial charge on any atom is 0.408 e. The number of amides is 2. The quantitative estimate of drug-likeness (QED) is 0.378. The number of hydrogen-bond acceptors (Lipinski definition) is 7. The predicted octanol–water partition coefficient (Wildman–Crippen LogP) is 2.08. The van der Waals surface area contributed by atoms with Crippen molar-refractivity contribution in [2.24, 2.45) is 11.7 Å². The number of Topliss-reactive ketones (excluding diaryl/α,β-unsaturated/α-hetero) is 3. The zero-order chi connectivity index (χ0) is 26.8. The summed E-state index contributed by atoms with van der Waals surface area (Å²) in [6, 6.07) is 1.86. The van der Waals surface area contributed by atoms with Crippen molar-refractivity contribution in [2.75, 3.05) is 0 Å². The van der Waals surface area contributed by atoms with Gasteiger partial charge < -0.3 is 20.4 Å². The van der Waals surface area contributed by atoms with E-state index in [0.29, 0.717) is 12.3 Å². The van der Waals surface area contributed by atoms with Crippen molar-refractivity contribution in [3.63, 3.8) is 0 Å². The minimum atomic E-state index is -1.18. The molecule has 10 heteroatoms. The smallest absolute Gasteiger partial charge is 0.408 e. The monoisotopic (exact) mass is 491 g/mol. The summed E-state index contributed by atoms with van der Waals surface area (Å²) in [5.41, 5.74) is 3.81. The summed E-state index contributed by atoms with van der Waals surface area (Å²) in [5.74, 6) is -2.17. The van der Waals surface area contributed by atoms with Gasteiger partial charge in [-0.25, -0.2) is 4.79 Å². The van der Waals surface area contributed by atoms with Crippen molar-refractivity contribution < 1.29 is 28.7 Å². The molecule has 0 aliphatic heterocycles. The van der Waals surface area contributed by atoms with E-state index in [9.17, 15) is 28.8 Å².